The van der Waals surface area contributed by atoms with Crippen molar-refractivity contribution in [1.82, 2.24) is 0 Å². The van der Waals surface area contributed by atoms with Gasteiger partial charge in [0.1, 0.15) is 31.3 Å². The van der Waals surface area contributed by atoms with Crippen LogP contribution in [0.15, 0.2) is 16.6 Å². The minimum absolute atomic E-state index is 0.000355. The number of nitrogens with zero attached hydrogens (tertiary/aromatic N) is 1. The highest BCUT2D eigenvalue weighted by Gasteiger charge is 2.27. The summed E-state index contributed by atoms with van der Waals surface area (Å²) in [5, 5.41) is 20.5. The first-order valence-electron chi connectivity index (χ1n) is 22.9. The molecule has 0 aliphatic heterocycles. The van der Waals surface area contributed by atoms with Gasteiger partial charge in [0.15, 0.2) is 6.10 Å². The first kappa shape index (κ1) is 55.0. The number of aliphatic hydroxyl groups is 2. The van der Waals surface area contributed by atoms with Crippen LogP contribution in [0.3, 0.4) is 0 Å². The molecule has 3 N–H and O–H groups in total. The number of aryl methyl sites for hydroxylation is 2. The SMILES string of the molecule is CCCCC/C=C\C[C@@H](O)[C@H](O)CCCCCCCC(=O)OC[C@H](COP(=O)(O)OCC[N+](C)(C)C)OC(=O)CCCCCCCCCCc1oc(CCC)c(C)c1C. The first-order valence-corrected chi connectivity index (χ1v) is 24.4. The van der Waals surface area contributed by atoms with Crippen LogP contribution in [-0.4, -0.2) is 97.3 Å². The zero-order chi connectivity index (χ0) is 43.9. The molecular formula is C46H85NO11P+. The molecule has 0 aliphatic carbocycles. The third-order valence-electron chi connectivity index (χ3n) is 10.7. The van der Waals surface area contributed by atoms with Crippen molar-refractivity contribution in [3.63, 3.8) is 0 Å². The normalized spacial score (nSPS) is 14.7. The van der Waals surface area contributed by atoms with E-state index in [2.05, 4.69) is 33.8 Å². The quantitative estimate of drug-likeness (QED) is 0.0191. The smallest absolute Gasteiger partial charge is 0.466 e. The van der Waals surface area contributed by atoms with Gasteiger partial charge in [-0.1, -0.05) is 103 Å². The maximum Gasteiger partial charge on any atom is 0.472 e. The van der Waals surface area contributed by atoms with Gasteiger partial charge in [0.2, 0.25) is 0 Å². The van der Waals surface area contributed by atoms with Crippen molar-refractivity contribution in [3.05, 3.63) is 34.8 Å². The van der Waals surface area contributed by atoms with Crippen LogP contribution in [0.1, 0.15) is 178 Å². The Labute approximate surface area is 358 Å². The van der Waals surface area contributed by atoms with Gasteiger partial charge in [-0.25, -0.2) is 4.57 Å². The molecule has 1 heterocycles. The molecule has 13 heteroatoms. The van der Waals surface area contributed by atoms with Crippen LogP contribution in [0.5, 0.6) is 0 Å². The van der Waals surface area contributed by atoms with Gasteiger partial charge in [-0.2, -0.15) is 0 Å². The van der Waals surface area contributed by atoms with Crippen LogP contribution in [0, 0.1) is 13.8 Å². The average molecular weight is 859 g/mol. The molecule has 0 saturated carbocycles. The number of allylic oxidation sites excluding steroid dienone is 1. The summed E-state index contributed by atoms with van der Waals surface area (Å²) in [5.74, 6) is 1.35. The number of hydrogen-bond acceptors (Lipinski definition) is 10. The van der Waals surface area contributed by atoms with Crippen LogP contribution in [0.4, 0.5) is 0 Å². The largest absolute Gasteiger partial charge is 0.472 e. The number of phosphoric ester groups is 1. The zero-order valence-electron chi connectivity index (χ0n) is 38.2. The lowest BCUT2D eigenvalue weighted by Crippen LogP contribution is -2.37. The summed E-state index contributed by atoms with van der Waals surface area (Å²) < 4.78 is 40.4. The van der Waals surface area contributed by atoms with Crippen LogP contribution >= 0.6 is 7.82 Å². The maximum atomic E-state index is 12.8. The van der Waals surface area contributed by atoms with Gasteiger partial charge in [-0.05, 0) is 76.3 Å². The number of rotatable bonds is 38. The first-order chi connectivity index (χ1) is 28.1. The van der Waals surface area contributed by atoms with E-state index in [1.165, 1.54) is 36.8 Å². The zero-order valence-corrected chi connectivity index (χ0v) is 39.1. The van der Waals surface area contributed by atoms with Gasteiger partial charge in [0, 0.05) is 25.7 Å². The number of phosphoric acid groups is 1. The van der Waals surface area contributed by atoms with Gasteiger partial charge in [-0.3, -0.25) is 18.6 Å². The fourth-order valence-corrected chi connectivity index (χ4v) is 7.41. The molecule has 4 atom stereocenters. The molecule has 0 spiro atoms. The predicted octanol–water partition coefficient (Wildman–Crippen LogP) is 10.2. The van der Waals surface area contributed by atoms with Gasteiger partial charge >= 0.3 is 19.8 Å². The Morgan fingerprint density at radius 2 is 1.27 bits per heavy atom. The van der Waals surface area contributed by atoms with E-state index < -0.39 is 44.7 Å². The number of carbonyl (C=O) groups is 2. The van der Waals surface area contributed by atoms with E-state index >= 15 is 0 Å². The van der Waals surface area contributed by atoms with Crippen LogP contribution in [0.2, 0.25) is 0 Å². The number of unbranched alkanes of at least 4 members (excludes halogenated alkanes) is 14. The van der Waals surface area contributed by atoms with E-state index in [4.69, 9.17) is 22.9 Å². The second-order valence-corrected chi connectivity index (χ2v) is 18.8. The summed E-state index contributed by atoms with van der Waals surface area (Å²) >= 11 is 0. The molecule has 12 nitrogen and oxygen atoms in total. The van der Waals surface area contributed by atoms with Crippen molar-refractivity contribution in [3.8, 4) is 0 Å². The maximum absolute atomic E-state index is 12.8. The lowest BCUT2D eigenvalue weighted by atomic mass is 10.0. The highest BCUT2D eigenvalue weighted by molar-refractivity contribution is 7.47. The molecular weight excluding hydrogens is 773 g/mol. The van der Waals surface area contributed by atoms with Gasteiger partial charge < -0.3 is 33.5 Å². The minimum atomic E-state index is -4.42. The molecule has 1 aromatic rings. The summed E-state index contributed by atoms with van der Waals surface area (Å²) in [6.07, 6.45) is 22.7. The molecule has 0 amide bonds. The lowest BCUT2D eigenvalue weighted by Gasteiger charge is -2.24. The number of aliphatic hydroxyl groups excluding tert-OH is 2. The summed E-state index contributed by atoms with van der Waals surface area (Å²) in [7, 11) is 1.37. The van der Waals surface area contributed by atoms with Crippen molar-refractivity contribution in [2.24, 2.45) is 0 Å². The molecule has 0 bridgehead atoms. The molecule has 0 fully saturated rings. The third-order valence-corrected chi connectivity index (χ3v) is 11.7. The van der Waals surface area contributed by atoms with Crippen molar-refractivity contribution >= 4 is 19.8 Å². The standard InChI is InChI=1S/C46H84NO11P/c1-8-10-11-12-18-23-29-41(48)42(49)30-24-19-17-22-26-32-45(50)54-36-40(37-56-59(52,53)55-35-34-47(5,6)7)57-46(51)33-27-21-16-14-13-15-20-25-31-44-39(4)38(3)43(58-44)28-9-2/h18,23,40-42,48-49H,8-17,19-22,24-37H2,1-7H3/p+1/b23-18-/t40-,41-,42-/m1/s1. The van der Waals surface area contributed by atoms with Gasteiger partial charge in [-0.15, -0.1) is 0 Å². The Bertz CT molecular complexity index is 1320. The lowest BCUT2D eigenvalue weighted by molar-refractivity contribution is -0.870. The molecule has 1 aromatic heterocycles. The number of furan rings is 1. The van der Waals surface area contributed by atoms with Crippen LogP contribution in [0.25, 0.3) is 0 Å². The number of ether oxygens (including phenoxy) is 2. The Kier molecular flexibility index (Phi) is 30.4. The number of esters is 2. The van der Waals surface area contributed by atoms with E-state index in [-0.39, 0.29) is 26.1 Å². The van der Waals surface area contributed by atoms with E-state index in [9.17, 15) is 29.3 Å². The van der Waals surface area contributed by atoms with Gasteiger partial charge in [0.05, 0.1) is 40.0 Å². The van der Waals surface area contributed by atoms with E-state index in [0.29, 0.717) is 36.7 Å². The molecule has 59 heavy (non-hydrogen) atoms. The molecule has 344 valence electrons. The highest BCUT2D eigenvalue weighted by atomic mass is 31.2. The second kappa shape index (κ2) is 32.6. The summed E-state index contributed by atoms with van der Waals surface area (Å²) in [6, 6.07) is 0. The summed E-state index contributed by atoms with van der Waals surface area (Å²) in [6.45, 7) is 8.40. The van der Waals surface area contributed by atoms with E-state index in [0.717, 1.165) is 101 Å². The monoisotopic (exact) mass is 859 g/mol. The minimum Gasteiger partial charge on any atom is -0.466 e. The van der Waals surface area contributed by atoms with E-state index in [1.807, 2.05) is 27.2 Å². The molecule has 0 aromatic carbocycles. The van der Waals surface area contributed by atoms with Crippen molar-refractivity contribution in [2.45, 2.75) is 200 Å². The van der Waals surface area contributed by atoms with Crippen molar-refractivity contribution < 1.29 is 56.7 Å². The van der Waals surface area contributed by atoms with Crippen molar-refractivity contribution in [2.75, 3.05) is 47.5 Å². The Morgan fingerprint density at radius 1 is 0.695 bits per heavy atom. The van der Waals surface area contributed by atoms with E-state index in [1.54, 1.807) is 0 Å². The highest BCUT2D eigenvalue weighted by Crippen LogP contribution is 2.43. The molecule has 0 radical (unpaired) electrons. The number of hydrogen-bond donors (Lipinski definition) is 3. The summed E-state index contributed by atoms with van der Waals surface area (Å²) in [5.41, 5.74) is 2.61. The summed E-state index contributed by atoms with van der Waals surface area (Å²) in [4.78, 5) is 35.5. The molecule has 1 rings (SSSR count). The van der Waals surface area contributed by atoms with Crippen molar-refractivity contribution in [1.29, 1.82) is 0 Å². The molecule has 0 aliphatic rings. The van der Waals surface area contributed by atoms with Gasteiger partial charge in [0.25, 0.3) is 0 Å². The fourth-order valence-electron chi connectivity index (χ4n) is 6.67. The number of likely N-dealkylation sites (N-methyl/N-ethyl adjacent to an activating group) is 1. The number of carbonyl (C=O) groups excluding carboxylic acids is 2. The van der Waals surface area contributed by atoms with Crippen LogP contribution < -0.4 is 0 Å². The third kappa shape index (κ3) is 29.0. The number of quaternary nitrogens is 1. The second-order valence-electron chi connectivity index (χ2n) is 17.3. The Morgan fingerprint density at radius 3 is 1.88 bits per heavy atom. The van der Waals surface area contributed by atoms with Crippen LogP contribution in [-0.2, 0) is 45.5 Å². The average Bonchev–Trinajstić information content (AvgIpc) is 3.44. The molecule has 1 unspecified atom stereocenters. The topological polar surface area (TPSA) is 162 Å². The Hall–Kier alpha value is -2.05. The molecule has 0 saturated heterocycles. The predicted molar refractivity (Wildman–Crippen MR) is 235 cm³/mol. The Balaban J connectivity index is 2.38. The fraction of sp³-hybridized carbons (Fsp3) is 0.826.